The molecule has 2 amide bonds. The van der Waals surface area contributed by atoms with Gasteiger partial charge in [0.1, 0.15) is 11.0 Å². The Bertz CT molecular complexity index is 1080. The molecular weight excluding hydrogens is 468 g/mol. The van der Waals surface area contributed by atoms with Gasteiger partial charge >= 0.3 is 0 Å². The van der Waals surface area contributed by atoms with Crippen LogP contribution in [0.3, 0.4) is 0 Å². The van der Waals surface area contributed by atoms with Crippen molar-refractivity contribution in [1.82, 2.24) is 4.90 Å². The number of benzene rings is 2. The van der Waals surface area contributed by atoms with Gasteiger partial charge in [-0.2, -0.15) is 0 Å². The van der Waals surface area contributed by atoms with E-state index in [-0.39, 0.29) is 28.7 Å². The third kappa shape index (κ3) is 6.23. The Labute approximate surface area is 200 Å². The van der Waals surface area contributed by atoms with Crippen LogP contribution in [0.5, 0.6) is 5.75 Å². The number of methoxy groups -OCH3 is 1. The summed E-state index contributed by atoms with van der Waals surface area (Å²) in [6, 6.07) is 10.9. The maximum Gasteiger partial charge on any atom is 0.271 e. The van der Waals surface area contributed by atoms with Crippen LogP contribution >= 0.6 is 23.4 Å². The minimum atomic E-state index is -0.656. The van der Waals surface area contributed by atoms with Crippen molar-refractivity contribution in [3.63, 3.8) is 0 Å². The number of nitro groups is 1. The molecule has 0 aromatic heterocycles. The maximum absolute atomic E-state index is 13.0. The predicted molar refractivity (Wildman–Crippen MR) is 129 cm³/mol. The van der Waals surface area contributed by atoms with Gasteiger partial charge in [0, 0.05) is 25.1 Å². The van der Waals surface area contributed by atoms with Crippen molar-refractivity contribution in [2.75, 3.05) is 19.0 Å². The number of rotatable bonds is 9. The molecule has 2 aromatic rings. The summed E-state index contributed by atoms with van der Waals surface area (Å²) in [6.07, 6.45) is 1.59. The average molecular weight is 491 g/mol. The van der Waals surface area contributed by atoms with Crippen molar-refractivity contribution in [3.05, 3.63) is 57.6 Å². The molecule has 0 saturated carbocycles. The van der Waals surface area contributed by atoms with Crippen molar-refractivity contribution < 1.29 is 19.2 Å². The number of ether oxygens (including phenoxy) is 1. The molecule has 0 bridgehead atoms. The SMILES string of the molecule is CCCCN1C(=O)C(CC(=O)Nc2cc([N+](=O)[O-])ccc2Cl)SC1=Nc1ccc(OC)cc1. The van der Waals surface area contributed by atoms with E-state index in [0.29, 0.717) is 23.1 Å². The Balaban J connectivity index is 1.75. The molecule has 1 aliphatic heterocycles. The van der Waals surface area contributed by atoms with Crippen molar-refractivity contribution >= 4 is 57.4 Å². The lowest BCUT2D eigenvalue weighted by Crippen LogP contribution is -2.34. The van der Waals surface area contributed by atoms with E-state index in [4.69, 9.17) is 16.3 Å². The monoisotopic (exact) mass is 490 g/mol. The quantitative estimate of drug-likeness (QED) is 0.390. The lowest BCUT2D eigenvalue weighted by molar-refractivity contribution is -0.384. The van der Waals surface area contributed by atoms with Crippen LogP contribution in [0.25, 0.3) is 0 Å². The molecule has 3 rings (SSSR count). The average Bonchev–Trinajstić information content (AvgIpc) is 3.07. The standard InChI is InChI=1S/C22H23ClN4O5S/c1-3-4-11-26-21(29)19(33-22(26)24-14-5-8-16(32-2)9-6-14)13-20(28)25-18-12-15(27(30)31)7-10-17(18)23/h5-10,12,19H,3-4,11,13H2,1-2H3,(H,25,28). The highest BCUT2D eigenvalue weighted by Gasteiger charge is 2.39. The molecule has 11 heteroatoms. The summed E-state index contributed by atoms with van der Waals surface area (Å²) in [5, 5.41) is 13.6. The Hall–Kier alpha value is -3.11. The molecule has 1 N–H and O–H groups in total. The summed E-state index contributed by atoms with van der Waals surface area (Å²) >= 11 is 7.29. The normalized spacial score (nSPS) is 16.8. The Morgan fingerprint density at radius 2 is 2.03 bits per heavy atom. The summed E-state index contributed by atoms with van der Waals surface area (Å²) < 4.78 is 5.16. The number of aliphatic imine (C=N–C) groups is 1. The van der Waals surface area contributed by atoms with Crippen molar-refractivity contribution in [2.45, 2.75) is 31.4 Å². The van der Waals surface area contributed by atoms with Gasteiger partial charge in [0.25, 0.3) is 5.69 Å². The highest BCUT2D eigenvalue weighted by Crippen LogP contribution is 2.33. The van der Waals surface area contributed by atoms with Crippen molar-refractivity contribution in [2.24, 2.45) is 4.99 Å². The van der Waals surface area contributed by atoms with Gasteiger partial charge in [0.15, 0.2) is 5.17 Å². The third-order valence-corrected chi connectivity index (χ3v) is 6.36. The van der Waals surface area contributed by atoms with Gasteiger partial charge < -0.3 is 10.1 Å². The number of amides is 2. The lowest BCUT2D eigenvalue weighted by atomic mass is 10.2. The minimum Gasteiger partial charge on any atom is -0.497 e. The smallest absolute Gasteiger partial charge is 0.271 e. The van der Waals surface area contributed by atoms with Crippen LogP contribution in [0, 0.1) is 10.1 Å². The molecule has 1 saturated heterocycles. The number of amidine groups is 1. The minimum absolute atomic E-state index is 0.118. The second-order valence-corrected chi connectivity index (χ2v) is 8.79. The summed E-state index contributed by atoms with van der Waals surface area (Å²) in [5.41, 5.74) is 0.600. The lowest BCUT2D eigenvalue weighted by Gasteiger charge is -2.16. The molecule has 0 radical (unpaired) electrons. The highest BCUT2D eigenvalue weighted by molar-refractivity contribution is 8.15. The fourth-order valence-corrected chi connectivity index (χ4v) is 4.46. The first-order valence-electron chi connectivity index (χ1n) is 10.3. The van der Waals surface area contributed by atoms with Gasteiger partial charge in [-0.3, -0.25) is 24.6 Å². The fourth-order valence-electron chi connectivity index (χ4n) is 3.11. The van der Waals surface area contributed by atoms with E-state index in [0.717, 1.165) is 12.8 Å². The Morgan fingerprint density at radius 3 is 2.67 bits per heavy atom. The third-order valence-electron chi connectivity index (χ3n) is 4.86. The van der Waals surface area contributed by atoms with Crippen LogP contribution in [0.15, 0.2) is 47.5 Å². The van der Waals surface area contributed by atoms with E-state index in [1.165, 1.54) is 30.0 Å². The first-order valence-corrected chi connectivity index (χ1v) is 11.5. The number of hydrogen-bond donors (Lipinski definition) is 1. The van der Waals surface area contributed by atoms with E-state index < -0.39 is 16.1 Å². The number of thioether (sulfide) groups is 1. The molecule has 1 unspecified atom stereocenters. The number of non-ortho nitro benzene ring substituents is 1. The van der Waals surface area contributed by atoms with Crippen LogP contribution in [0.1, 0.15) is 26.2 Å². The van der Waals surface area contributed by atoms with E-state index in [1.54, 1.807) is 36.3 Å². The first-order chi connectivity index (χ1) is 15.8. The van der Waals surface area contributed by atoms with E-state index in [9.17, 15) is 19.7 Å². The second kappa shape index (κ2) is 11.2. The van der Waals surface area contributed by atoms with Gasteiger partial charge in [-0.15, -0.1) is 0 Å². The largest absolute Gasteiger partial charge is 0.497 e. The number of anilines is 1. The van der Waals surface area contributed by atoms with Crippen molar-refractivity contribution in [1.29, 1.82) is 0 Å². The van der Waals surface area contributed by atoms with Crippen LogP contribution in [0.2, 0.25) is 5.02 Å². The van der Waals surface area contributed by atoms with Crippen LogP contribution in [0.4, 0.5) is 17.1 Å². The molecular formula is C22H23ClN4O5S. The fraction of sp³-hybridized carbons (Fsp3) is 0.318. The van der Waals surface area contributed by atoms with Gasteiger partial charge in [-0.05, 0) is 36.8 Å². The van der Waals surface area contributed by atoms with Crippen LogP contribution < -0.4 is 10.1 Å². The summed E-state index contributed by atoms with van der Waals surface area (Å²) in [7, 11) is 1.58. The van der Waals surface area contributed by atoms with Gasteiger partial charge in [-0.25, -0.2) is 4.99 Å². The van der Waals surface area contributed by atoms with Gasteiger partial charge in [0.2, 0.25) is 11.8 Å². The summed E-state index contributed by atoms with van der Waals surface area (Å²) in [4.78, 5) is 42.3. The zero-order chi connectivity index (χ0) is 24.0. The molecule has 9 nitrogen and oxygen atoms in total. The first kappa shape index (κ1) is 24.5. The molecule has 1 atom stereocenters. The number of carbonyl (C=O) groups is 2. The molecule has 2 aromatic carbocycles. The van der Waals surface area contributed by atoms with Crippen molar-refractivity contribution in [3.8, 4) is 5.75 Å². The molecule has 1 heterocycles. The van der Waals surface area contributed by atoms with E-state index in [2.05, 4.69) is 10.3 Å². The number of unbranched alkanes of at least 4 members (excludes halogenated alkanes) is 1. The second-order valence-electron chi connectivity index (χ2n) is 7.22. The molecule has 1 aliphatic rings. The predicted octanol–water partition coefficient (Wildman–Crippen LogP) is 5.02. The number of nitrogens with one attached hydrogen (secondary N) is 1. The number of carbonyl (C=O) groups excluding carboxylic acids is 2. The Kier molecular flexibility index (Phi) is 8.29. The maximum atomic E-state index is 13.0. The topological polar surface area (TPSA) is 114 Å². The van der Waals surface area contributed by atoms with Crippen LogP contribution in [-0.2, 0) is 9.59 Å². The summed E-state index contributed by atoms with van der Waals surface area (Å²) in [5.74, 6) is 0.0386. The molecule has 33 heavy (non-hydrogen) atoms. The highest BCUT2D eigenvalue weighted by atomic mass is 35.5. The molecule has 174 valence electrons. The number of hydrogen-bond acceptors (Lipinski definition) is 7. The number of nitro benzene ring substituents is 1. The zero-order valence-corrected chi connectivity index (χ0v) is 19.7. The van der Waals surface area contributed by atoms with E-state index >= 15 is 0 Å². The van der Waals surface area contributed by atoms with Gasteiger partial charge in [-0.1, -0.05) is 36.7 Å². The number of halogens is 1. The van der Waals surface area contributed by atoms with Crippen LogP contribution in [-0.4, -0.2) is 45.7 Å². The molecule has 1 fully saturated rings. The molecule has 0 spiro atoms. The zero-order valence-electron chi connectivity index (χ0n) is 18.1. The Morgan fingerprint density at radius 1 is 1.30 bits per heavy atom. The van der Waals surface area contributed by atoms with Gasteiger partial charge in [0.05, 0.1) is 28.4 Å². The number of nitrogens with zero attached hydrogens (tertiary/aromatic N) is 3. The summed E-state index contributed by atoms with van der Waals surface area (Å²) in [6.45, 7) is 2.54. The van der Waals surface area contributed by atoms with E-state index in [1.807, 2.05) is 6.92 Å². The molecule has 0 aliphatic carbocycles.